The number of nitrogens with one attached hydrogen (secondary N) is 1. The molecule has 0 amide bonds. The van der Waals surface area contributed by atoms with Crippen molar-refractivity contribution in [3.05, 3.63) is 5.40 Å². The topological polar surface area (TPSA) is 40.9 Å². The summed E-state index contributed by atoms with van der Waals surface area (Å²) >= 11 is -1.20. The summed E-state index contributed by atoms with van der Waals surface area (Å²) in [6, 6.07) is 0. The van der Waals surface area contributed by atoms with E-state index in [1.807, 2.05) is 0 Å². The summed E-state index contributed by atoms with van der Waals surface area (Å²) in [7, 11) is 0. The molecule has 4 heavy (non-hydrogen) atoms. The van der Waals surface area contributed by atoms with E-state index in [0.29, 0.717) is 0 Å². The molecule has 0 aromatic carbocycles. The monoisotopic (exact) mass is 180 g/mol. The molecule has 0 saturated heterocycles. The van der Waals surface area contributed by atoms with E-state index < -0.39 is 20.0 Å². The van der Waals surface area contributed by atoms with Gasteiger partial charge in [0.05, 0.1) is 0 Å². The summed E-state index contributed by atoms with van der Waals surface area (Å²) in [6.45, 7) is 0. The Morgan fingerprint density at radius 1 is 2.00 bits per heavy atom. The van der Waals surface area contributed by atoms with Gasteiger partial charge in [-0.2, -0.15) is 0 Å². The first-order valence-corrected chi connectivity index (χ1v) is 6.47. The van der Waals surface area contributed by atoms with Crippen molar-refractivity contribution < 1.29 is 3.02 Å². The van der Waals surface area contributed by atoms with Gasteiger partial charge in [0.1, 0.15) is 0 Å². The predicted octanol–water partition coefficient (Wildman–Crippen LogP) is -0.378. The molecule has 22 valence electrons. The average molecular weight is 181 g/mol. The van der Waals surface area contributed by atoms with Gasteiger partial charge in [-0.15, -0.1) is 0 Å². The third-order valence-electron chi connectivity index (χ3n) is 0.0456. The number of hydrogen-bond acceptors (Lipinski definition) is 1. The Balaban J connectivity index is 3.53. The Morgan fingerprint density at radius 2 is 2.25 bits per heavy atom. The van der Waals surface area contributed by atoms with Crippen molar-refractivity contribution >= 4 is 26.4 Å². The van der Waals surface area contributed by atoms with Crippen molar-refractivity contribution in [3.63, 3.8) is 0 Å². The first kappa shape index (κ1) is 4.80. The van der Waals surface area contributed by atoms with Crippen LogP contribution in [0.3, 0.4) is 0 Å². The SMILES string of the molecule is [NH-][Si]#[Sb]=[O]. The molecule has 0 rings (SSSR count). The second-order valence-corrected chi connectivity index (χ2v) is 4.09. The molecule has 0 aliphatic heterocycles. The maximum absolute atomic E-state index is 9.27. The molecule has 0 aromatic heterocycles. The first-order chi connectivity index (χ1) is 1.91. The van der Waals surface area contributed by atoms with Gasteiger partial charge < -0.3 is 0 Å². The van der Waals surface area contributed by atoms with E-state index in [4.69, 9.17) is 5.40 Å². The van der Waals surface area contributed by atoms with Gasteiger partial charge in [0.25, 0.3) is 0 Å². The van der Waals surface area contributed by atoms with Gasteiger partial charge in [-0.3, -0.25) is 0 Å². The van der Waals surface area contributed by atoms with Crippen LogP contribution in [0.4, 0.5) is 0 Å². The van der Waals surface area contributed by atoms with Crippen LogP contribution in [0.1, 0.15) is 0 Å². The Kier molecular flexibility index (Phi) is 4.55. The molecule has 2 nitrogen and oxygen atoms in total. The van der Waals surface area contributed by atoms with E-state index in [0.717, 1.165) is 0 Å². The molecule has 0 radical (unpaired) electrons. The zero-order valence-electron chi connectivity index (χ0n) is 1.86. The van der Waals surface area contributed by atoms with E-state index in [1.54, 1.807) is 0 Å². The molecule has 0 bridgehead atoms. The second kappa shape index (κ2) is 3.80. The van der Waals surface area contributed by atoms with Gasteiger partial charge in [0.15, 0.2) is 0 Å². The fourth-order valence-electron chi connectivity index (χ4n) is 0. The van der Waals surface area contributed by atoms with E-state index in [1.165, 1.54) is 0 Å². The van der Waals surface area contributed by atoms with Crippen LogP contribution in [-0.4, -0.2) is 26.4 Å². The molecule has 0 aliphatic carbocycles. The van der Waals surface area contributed by atoms with E-state index in [9.17, 15) is 3.02 Å². The first-order valence-electron chi connectivity index (χ1n) is 0.656. The van der Waals surface area contributed by atoms with E-state index in [2.05, 4.69) is 0 Å². The zero-order chi connectivity index (χ0) is 3.41. The standard InChI is InChI=1S/HNSi.O.Sb/c1-2;;/h1H;;/q-1;;. The molecule has 0 aromatic rings. The number of hydrogen-bond donors (Lipinski definition) is 0. The van der Waals surface area contributed by atoms with Crippen LogP contribution in [0, 0.1) is 0 Å². The van der Waals surface area contributed by atoms with Crippen LogP contribution in [0.5, 0.6) is 0 Å². The molecule has 0 atom stereocenters. The third-order valence-corrected chi connectivity index (χ3v) is 0.919. The number of rotatable bonds is 0. The summed E-state index contributed by atoms with van der Waals surface area (Å²) in [5, 5.41) is 6.23. The second-order valence-electron chi connectivity index (χ2n) is 0.203. The molecule has 4 heteroatoms. The quantitative estimate of drug-likeness (QED) is 0.469. The average Bonchev–Trinajstić information content (AvgIpc) is 1.37. The molecule has 0 heterocycles. The Hall–Kier alpha value is 0.795. The maximum atomic E-state index is 9.27. The Labute approximate surface area is 35.1 Å². The predicted molar refractivity (Wildman–Crippen MR) is 16.5 cm³/mol. The molecule has 0 aliphatic rings. The van der Waals surface area contributed by atoms with Gasteiger partial charge >= 0.3 is 34.8 Å². The molecular formula is HNOSbSi-. The molecule has 0 unspecified atom stereocenters. The van der Waals surface area contributed by atoms with Gasteiger partial charge in [0, 0.05) is 0 Å². The van der Waals surface area contributed by atoms with Crippen molar-refractivity contribution in [1.82, 2.24) is 0 Å². The summed E-state index contributed by atoms with van der Waals surface area (Å²) in [5.74, 6) is 0. The van der Waals surface area contributed by atoms with E-state index in [-0.39, 0.29) is 6.38 Å². The minimum atomic E-state index is -1.20. The van der Waals surface area contributed by atoms with Crippen LogP contribution < -0.4 is 0 Å². The van der Waals surface area contributed by atoms with Crippen LogP contribution in [0.2, 0.25) is 0 Å². The molecule has 0 fully saturated rings. The summed E-state index contributed by atoms with van der Waals surface area (Å²) in [5.41, 5.74) is 0. The summed E-state index contributed by atoms with van der Waals surface area (Å²) in [4.78, 5) is 0. The van der Waals surface area contributed by atoms with Gasteiger partial charge in [-0.25, -0.2) is 0 Å². The van der Waals surface area contributed by atoms with Crippen molar-refractivity contribution in [2.45, 2.75) is 0 Å². The van der Waals surface area contributed by atoms with Crippen molar-refractivity contribution in [2.24, 2.45) is 0 Å². The zero-order valence-corrected chi connectivity index (χ0v) is 5.41. The summed E-state index contributed by atoms with van der Waals surface area (Å²) in [6.07, 6.45) is -0.0151. The van der Waals surface area contributed by atoms with Crippen LogP contribution in [-0.2, 0) is 3.02 Å². The van der Waals surface area contributed by atoms with Gasteiger partial charge in [-0.1, -0.05) is 0 Å². The van der Waals surface area contributed by atoms with E-state index >= 15 is 0 Å². The van der Waals surface area contributed by atoms with Gasteiger partial charge in [-0.05, 0) is 0 Å². The van der Waals surface area contributed by atoms with Crippen LogP contribution in [0.15, 0.2) is 0 Å². The Morgan fingerprint density at radius 3 is 2.25 bits per heavy atom. The molecule has 0 spiro atoms. The van der Waals surface area contributed by atoms with Crippen molar-refractivity contribution in [1.29, 1.82) is 0 Å². The fourth-order valence-corrected chi connectivity index (χ4v) is 0. The third kappa shape index (κ3) is 2.80. The molecule has 1 N–H and O–H groups in total. The fraction of sp³-hybridized carbons (Fsp3) is 0. The molecule has 0 saturated carbocycles. The van der Waals surface area contributed by atoms with Gasteiger partial charge in [0.2, 0.25) is 0 Å². The van der Waals surface area contributed by atoms with Crippen molar-refractivity contribution in [2.75, 3.05) is 0 Å². The normalized spacial score (nSPS) is 3.25. The molecular weight excluding hydrogens is 180 g/mol. The van der Waals surface area contributed by atoms with Crippen molar-refractivity contribution in [3.8, 4) is 0 Å². The minimum absolute atomic E-state index is 0.0151. The van der Waals surface area contributed by atoms with Crippen LogP contribution >= 0.6 is 0 Å². The summed E-state index contributed by atoms with van der Waals surface area (Å²) < 4.78 is 9.27. The Bertz CT molecular complexity index is 79.2. The van der Waals surface area contributed by atoms with Crippen LogP contribution in [0.25, 0.3) is 5.40 Å².